The lowest BCUT2D eigenvalue weighted by atomic mass is 10.0. The first-order valence-corrected chi connectivity index (χ1v) is 9.09. The van der Waals surface area contributed by atoms with Gasteiger partial charge in [0, 0.05) is 17.0 Å². The molecule has 0 saturated heterocycles. The van der Waals surface area contributed by atoms with Gasteiger partial charge in [-0.1, -0.05) is 36.5 Å². The van der Waals surface area contributed by atoms with Gasteiger partial charge >= 0.3 is 0 Å². The third-order valence-electron chi connectivity index (χ3n) is 4.15. The Morgan fingerprint density at radius 1 is 1.21 bits per heavy atom. The second-order valence-corrected chi connectivity index (χ2v) is 6.71. The van der Waals surface area contributed by atoms with Gasteiger partial charge in [0.25, 0.3) is 0 Å². The standard InChI is InChI=1S/C18H16Cl2F2N4O2/c1-3-4-9-15(21)13(26(27)28-2)7-10-17(9)23-8-24-18(10)25-12-6-5-11(19)14(20)16(12)22/h5-8,26H,3-4H2,1-2H3,(H,23,24,25). The molecule has 3 aromatic rings. The van der Waals surface area contributed by atoms with E-state index < -0.39 is 16.9 Å². The molecule has 0 fully saturated rings. The quantitative estimate of drug-likeness (QED) is 0.446. The molecular formula is C18H16Cl2F2N4O2. The predicted octanol–water partition coefficient (Wildman–Crippen LogP) is 4.49. The number of nitrogens with one attached hydrogen (secondary N) is 2. The molecule has 1 heterocycles. The van der Waals surface area contributed by atoms with E-state index in [0.717, 1.165) is 7.11 Å². The zero-order valence-corrected chi connectivity index (χ0v) is 16.5. The third-order valence-corrected chi connectivity index (χ3v) is 4.93. The van der Waals surface area contributed by atoms with Gasteiger partial charge in [-0.25, -0.2) is 19.2 Å². The Labute approximate surface area is 169 Å². The topological polar surface area (TPSA) is 74.5 Å². The van der Waals surface area contributed by atoms with Crippen molar-refractivity contribution in [2.75, 3.05) is 12.4 Å². The van der Waals surface area contributed by atoms with Gasteiger partial charge in [0.15, 0.2) is 11.6 Å². The molecule has 0 spiro atoms. The van der Waals surface area contributed by atoms with Crippen LogP contribution in [0.25, 0.3) is 10.9 Å². The summed E-state index contributed by atoms with van der Waals surface area (Å²) < 4.78 is 29.3. The van der Waals surface area contributed by atoms with Gasteiger partial charge in [-0.05, 0) is 18.6 Å². The SMILES string of the molecule is CCCc1c(F)c([NH+]([O-])OC)cc2c(Nc3ccc(Cl)c(Cl)c3F)ncnc12. The molecule has 0 saturated carbocycles. The smallest absolute Gasteiger partial charge is 0.201 e. The number of hydrogen-bond donors (Lipinski definition) is 2. The molecule has 0 radical (unpaired) electrons. The van der Waals surface area contributed by atoms with Crippen molar-refractivity contribution in [3.05, 3.63) is 57.0 Å². The Morgan fingerprint density at radius 3 is 2.64 bits per heavy atom. The van der Waals surface area contributed by atoms with Crippen molar-refractivity contribution in [1.82, 2.24) is 9.97 Å². The lowest BCUT2D eigenvalue weighted by Gasteiger charge is -2.20. The molecule has 28 heavy (non-hydrogen) atoms. The maximum absolute atomic E-state index is 14.9. The monoisotopic (exact) mass is 428 g/mol. The molecule has 6 nitrogen and oxygen atoms in total. The van der Waals surface area contributed by atoms with Crippen LogP contribution in [0.5, 0.6) is 0 Å². The minimum Gasteiger partial charge on any atom is -0.595 e. The zero-order chi connectivity index (χ0) is 20.4. The summed E-state index contributed by atoms with van der Waals surface area (Å²) in [7, 11) is 1.16. The fourth-order valence-corrected chi connectivity index (χ4v) is 3.14. The molecule has 0 aliphatic heterocycles. The van der Waals surface area contributed by atoms with Crippen LogP contribution in [0.3, 0.4) is 0 Å². The van der Waals surface area contributed by atoms with Gasteiger partial charge in [0.05, 0.1) is 28.4 Å². The molecule has 0 bridgehead atoms. The van der Waals surface area contributed by atoms with Crippen LogP contribution in [0.4, 0.5) is 26.0 Å². The summed E-state index contributed by atoms with van der Waals surface area (Å²) in [6, 6.07) is 4.11. The summed E-state index contributed by atoms with van der Waals surface area (Å²) >= 11 is 11.7. The number of quaternary nitrogens is 1. The third kappa shape index (κ3) is 3.74. The summed E-state index contributed by atoms with van der Waals surface area (Å²) in [5.74, 6) is -1.26. The van der Waals surface area contributed by atoms with E-state index in [1.165, 1.54) is 24.5 Å². The summed E-state index contributed by atoms with van der Waals surface area (Å²) in [4.78, 5) is 12.9. The number of fused-ring (bicyclic) bond motifs is 1. The van der Waals surface area contributed by atoms with Gasteiger partial charge in [0.1, 0.15) is 12.1 Å². The molecule has 0 aliphatic rings. The van der Waals surface area contributed by atoms with Crippen LogP contribution < -0.4 is 10.5 Å². The molecule has 0 aliphatic carbocycles. The summed E-state index contributed by atoms with van der Waals surface area (Å²) in [5.41, 5.74) is 0.367. The Hall–Kier alpha value is -2.10. The summed E-state index contributed by atoms with van der Waals surface area (Å²) in [6.45, 7) is 1.88. The van der Waals surface area contributed by atoms with E-state index in [0.29, 0.717) is 23.7 Å². The maximum Gasteiger partial charge on any atom is 0.201 e. The Balaban J connectivity index is 2.21. The molecule has 3 rings (SSSR count). The highest BCUT2D eigenvalue weighted by Crippen LogP contribution is 2.34. The predicted molar refractivity (Wildman–Crippen MR) is 104 cm³/mol. The first-order chi connectivity index (χ1) is 13.4. The number of nitrogens with zero attached hydrogens (tertiary/aromatic N) is 2. The van der Waals surface area contributed by atoms with E-state index in [1.807, 2.05) is 6.92 Å². The average Bonchev–Trinajstić information content (AvgIpc) is 2.70. The van der Waals surface area contributed by atoms with Crippen molar-refractivity contribution < 1.29 is 18.8 Å². The van der Waals surface area contributed by atoms with Crippen LogP contribution in [0.2, 0.25) is 10.0 Å². The van der Waals surface area contributed by atoms with Gasteiger partial charge in [-0.3, -0.25) is 0 Å². The second-order valence-electron chi connectivity index (χ2n) is 5.92. The summed E-state index contributed by atoms with van der Waals surface area (Å²) in [5, 5.41) is 14.2. The molecule has 1 unspecified atom stereocenters. The van der Waals surface area contributed by atoms with Crippen LogP contribution in [-0.2, 0) is 11.3 Å². The lowest BCUT2D eigenvalue weighted by Crippen LogP contribution is -3.00. The molecular weight excluding hydrogens is 413 g/mol. The number of anilines is 2. The largest absolute Gasteiger partial charge is 0.595 e. The first kappa shape index (κ1) is 20.6. The minimum absolute atomic E-state index is 0.0235. The minimum atomic E-state index is -0.827. The normalized spacial score (nSPS) is 12.4. The van der Waals surface area contributed by atoms with Crippen LogP contribution in [-0.4, -0.2) is 17.1 Å². The molecule has 10 heteroatoms. The lowest BCUT2D eigenvalue weighted by molar-refractivity contribution is -0.993. The number of aryl methyl sites for hydroxylation is 1. The molecule has 1 atom stereocenters. The molecule has 148 valence electrons. The Kier molecular flexibility index (Phi) is 6.26. The number of aromatic nitrogens is 2. The highest BCUT2D eigenvalue weighted by atomic mass is 35.5. The first-order valence-electron chi connectivity index (χ1n) is 8.33. The van der Waals surface area contributed by atoms with Crippen LogP contribution in [0.1, 0.15) is 18.9 Å². The highest BCUT2D eigenvalue weighted by molar-refractivity contribution is 6.42. The van der Waals surface area contributed by atoms with E-state index in [-0.39, 0.29) is 32.8 Å². The van der Waals surface area contributed by atoms with E-state index in [9.17, 15) is 14.0 Å². The Morgan fingerprint density at radius 2 is 1.96 bits per heavy atom. The van der Waals surface area contributed by atoms with Crippen molar-refractivity contribution >= 4 is 51.3 Å². The van der Waals surface area contributed by atoms with Gasteiger partial charge < -0.3 is 10.5 Å². The molecule has 2 N–H and O–H groups in total. The van der Waals surface area contributed by atoms with E-state index in [4.69, 9.17) is 23.2 Å². The zero-order valence-electron chi connectivity index (χ0n) is 14.9. The van der Waals surface area contributed by atoms with Crippen LogP contribution in [0, 0.1) is 16.8 Å². The maximum atomic E-state index is 14.9. The fourth-order valence-electron chi connectivity index (χ4n) is 2.83. The van der Waals surface area contributed by atoms with Crippen molar-refractivity contribution in [3.63, 3.8) is 0 Å². The summed E-state index contributed by atoms with van der Waals surface area (Å²) in [6.07, 6.45) is 2.21. The van der Waals surface area contributed by atoms with E-state index in [2.05, 4.69) is 20.1 Å². The number of halogens is 4. The second kappa shape index (κ2) is 8.50. The average molecular weight is 429 g/mol. The van der Waals surface area contributed by atoms with E-state index in [1.54, 1.807) is 0 Å². The van der Waals surface area contributed by atoms with Crippen molar-refractivity contribution in [3.8, 4) is 0 Å². The van der Waals surface area contributed by atoms with Crippen LogP contribution in [0.15, 0.2) is 24.5 Å². The molecule has 1 aromatic heterocycles. The van der Waals surface area contributed by atoms with Gasteiger partial charge in [0.2, 0.25) is 5.69 Å². The fraction of sp³-hybridized carbons (Fsp3) is 0.222. The highest BCUT2D eigenvalue weighted by Gasteiger charge is 2.22. The van der Waals surface area contributed by atoms with Gasteiger partial charge in [-0.2, -0.15) is 9.62 Å². The van der Waals surface area contributed by atoms with E-state index >= 15 is 0 Å². The number of benzene rings is 2. The van der Waals surface area contributed by atoms with Crippen molar-refractivity contribution in [2.45, 2.75) is 19.8 Å². The van der Waals surface area contributed by atoms with Gasteiger partial charge in [-0.15, -0.1) is 0 Å². The van der Waals surface area contributed by atoms with Crippen molar-refractivity contribution in [2.24, 2.45) is 0 Å². The van der Waals surface area contributed by atoms with Crippen LogP contribution >= 0.6 is 23.2 Å². The Bertz CT molecular complexity index is 1040. The molecule has 0 amide bonds. The number of hydrogen-bond acceptors (Lipinski definition) is 5. The van der Waals surface area contributed by atoms with Crippen molar-refractivity contribution in [1.29, 1.82) is 0 Å². The molecule has 2 aromatic carbocycles. The number of rotatable bonds is 6.